The number of amides is 2. The van der Waals surface area contributed by atoms with Crippen molar-refractivity contribution >= 4 is 45.0 Å². The van der Waals surface area contributed by atoms with Crippen LogP contribution in [0.4, 0.5) is 0 Å². The van der Waals surface area contributed by atoms with Gasteiger partial charge in [0.1, 0.15) is 11.4 Å². The normalized spacial score (nSPS) is 15.1. The first-order chi connectivity index (χ1) is 12.0. The fourth-order valence-corrected chi connectivity index (χ4v) is 4.19. The van der Waals surface area contributed by atoms with Crippen LogP contribution in [0.5, 0.6) is 0 Å². The third-order valence-corrected chi connectivity index (χ3v) is 5.61. The molecule has 4 rings (SSSR count). The van der Waals surface area contributed by atoms with Crippen molar-refractivity contribution in [3.05, 3.63) is 45.7 Å². The summed E-state index contributed by atoms with van der Waals surface area (Å²) in [5, 5.41) is 0.513. The maximum Gasteiger partial charge on any atom is 0.270 e. The van der Waals surface area contributed by atoms with Crippen LogP contribution in [0.15, 0.2) is 24.4 Å². The van der Waals surface area contributed by atoms with Crippen molar-refractivity contribution in [2.45, 2.75) is 6.92 Å². The lowest BCUT2D eigenvalue weighted by Gasteiger charge is -2.34. The van der Waals surface area contributed by atoms with Crippen LogP contribution >= 0.6 is 22.9 Å². The minimum Gasteiger partial charge on any atom is -0.356 e. The van der Waals surface area contributed by atoms with E-state index in [0.29, 0.717) is 42.6 Å². The molecule has 1 fully saturated rings. The van der Waals surface area contributed by atoms with E-state index in [4.69, 9.17) is 11.6 Å². The van der Waals surface area contributed by atoms with Gasteiger partial charge in [-0.1, -0.05) is 11.6 Å². The molecule has 1 aliphatic rings. The Morgan fingerprint density at radius 3 is 2.24 bits per heavy atom. The molecule has 0 aromatic carbocycles. The Kier molecular flexibility index (Phi) is 4.05. The molecular formula is C17H17ClN4O2S. The van der Waals surface area contributed by atoms with Crippen LogP contribution in [0, 0.1) is 6.92 Å². The van der Waals surface area contributed by atoms with Crippen molar-refractivity contribution in [2.24, 2.45) is 0 Å². The number of thiophene rings is 1. The van der Waals surface area contributed by atoms with Gasteiger partial charge in [-0.2, -0.15) is 0 Å². The molecule has 8 heteroatoms. The molecule has 0 saturated carbocycles. The van der Waals surface area contributed by atoms with Crippen molar-refractivity contribution in [3.63, 3.8) is 0 Å². The molecule has 130 valence electrons. The molecular weight excluding hydrogens is 360 g/mol. The third-order valence-electron chi connectivity index (χ3n) is 4.39. The third kappa shape index (κ3) is 3.05. The number of aromatic amines is 2. The SMILES string of the molecule is Cc1cc2[nH]c(C(=O)N3CCN(C(=O)c4cc(Cl)c[nH]4)CC3)cc2s1. The van der Waals surface area contributed by atoms with Crippen molar-refractivity contribution in [1.82, 2.24) is 19.8 Å². The van der Waals surface area contributed by atoms with E-state index in [1.54, 1.807) is 33.4 Å². The minimum absolute atomic E-state index is 0.0175. The number of aromatic nitrogens is 2. The van der Waals surface area contributed by atoms with Crippen molar-refractivity contribution < 1.29 is 9.59 Å². The van der Waals surface area contributed by atoms with E-state index >= 15 is 0 Å². The smallest absolute Gasteiger partial charge is 0.270 e. The zero-order chi connectivity index (χ0) is 17.6. The Bertz CT molecular complexity index is 918. The maximum atomic E-state index is 12.7. The first-order valence-electron chi connectivity index (χ1n) is 8.03. The largest absolute Gasteiger partial charge is 0.356 e. The molecule has 3 aromatic rings. The number of H-pyrrole nitrogens is 2. The molecule has 25 heavy (non-hydrogen) atoms. The predicted octanol–water partition coefficient (Wildman–Crippen LogP) is 3.12. The zero-order valence-electron chi connectivity index (χ0n) is 13.6. The standard InChI is InChI=1S/C17H17ClN4O2S/c1-10-6-12-15(25-10)8-14(20-12)17(24)22-4-2-21(3-5-22)16(23)13-7-11(18)9-19-13/h6-9,19-20H,2-5H2,1H3. The monoisotopic (exact) mass is 376 g/mol. The van der Waals surface area contributed by atoms with E-state index in [2.05, 4.69) is 16.0 Å². The highest BCUT2D eigenvalue weighted by Gasteiger charge is 2.27. The van der Waals surface area contributed by atoms with Crippen LogP contribution < -0.4 is 0 Å². The Morgan fingerprint density at radius 1 is 1.04 bits per heavy atom. The fraction of sp³-hybridized carbons (Fsp3) is 0.294. The highest BCUT2D eigenvalue weighted by Crippen LogP contribution is 2.26. The summed E-state index contributed by atoms with van der Waals surface area (Å²) in [5.41, 5.74) is 2.09. The summed E-state index contributed by atoms with van der Waals surface area (Å²) in [7, 11) is 0. The average Bonchev–Trinajstić information content (AvgIpc) is 3.28. The number of piperazine rings is 1. The van der Waals surface area contributed by atoms with Gasteiger partial charge >= 0.3 is 0 Å². The zero-order valence-corrected chi connectivity index (χ0v) is 15.2. The van der Waals surface area contributed by atoms with E-state index in [-0.39, 0.29) is 11.8 Å². The molecule has 0 bridgehead atoms. The number of nitrogens with zero attached hydrogens (tertiary/aromatic N) is 2. The molecule has 2 amide bonds. The van der Waals surface area contributed by atoms with E-state index < -0.39 is 0 Å². The highest BCUT2D eigenvalue weighted by atomic mass is 35.5. The topological polar surface area (TPSA) is 72.2 Å². The van der Waals surface area contributed by atoms with Gasteiger partial charge in [0.15, 0.2) is 0 Å². The molecule has 0 spiro atoms. The number of fused-ring (bicyclic) bond motifs is 1. The maximum absolute atomic E-state index is 12.7. The Balaban J connectivity index is 1.41. The lowest BCUT2D eigenvalue weighted by molar-refractivity contribution is 0.0530. The van der Waals surface area contributed by atoms with Gasteiger partial charge in [0, 0.05) is 37.3 Å². The first-order valence-corrected chi connectivity index (χ1v) is 9.22. The molecule has 2 N–H and O–H groups in total. The van der Waals surface area contributed by atoms with Crippen molar-refractivity contribution in [3.8, 4) is 0 Å². The number of hydrogen-bond donors (Lipinski definition) is 2. The summed E-state index contributed by atoms with van der Waals surface area (Å²) in [6.45, 7) is 4.10. The van der Waals surface area contributed by atoms with Crippen molar-refractivity contribution in [2.75, 3.05) is 26.2 Å². The van der Waals surface area contributed by atoms with E-state index in [1.807, 2.05) is 13.0 Å². The number of rotatable bonds is 2. The number of aryl methyl sites for hydroxylation is 1. The molecule has 1 saturated heterocycles. The summed E-state index contributed by atoms with van der Waals surface area (Å²) >= 11 is 7.52. The number of carbonyl (C=O) groups excluding carboxylic acids is 2. The number of carbonyl (C=O) groups is 2. The van der Waals surface area contributed by atoms with Gasteiger partial charge in [-0.3, -0.25) is 9.59 Å². The summed E-state index contributed by atoms with van der Waals surface area (Å²) in [6.07, 6.45) is 1.59. The van der Waals surface area contributed by atoms with Gasteiger partial charge in [-0.25, -0.2) is 0 Å². The van der Waals surface area contributed by atoms with E-state index in [0.717, 1.165) is 10.2 Å². The molecule has 1 aliphatic heterocycles. The van der Waals surface area contributed by atoms with Crippen LogP contribution in [-0.2, 0) is 0 Å². The predicted molar refractivity (Wildman–Crippen MR) is 98.5 cm³/mol. The lowest BCUT2D eigenvalue weighted by atomic mass is 10.2. The van der Waals surface area contributed by atoms with Gasteiger partial charge in [-0.05, 0) is 25.1 Å². The van der Waals surface area contributed by atoms with E-state index in [1.165, 1.54) is 4.88 Å². The lowest BCUT2D eigenvalue weighted by Crippen LogP contribution is -2.50. The summed E-state index contributed by atoms with van der Waals surface area (Å²) in [6, 6.07) is 5.58. The second-order valence-corrected chi connectivity index (χ2v) is 7.86. The number of hydrogen-bond acceptors (Lipinski definition) is 3. The second-order valence-electron chi connectivity index (χ2n) is 6.13. The summed E-state index contributed by atoms with van der Waals surface area (Å²) < 4.78 is 1.10. The highest BCUT2D eigenvalue weighted by molar-refractivity contribution is 7.19. The Morgan fingerprint density at radius 2 is 1.68 bits per heavy atom. The quantitative estimate of drug-likeness (QED) is 0.721. The molecule has 4 heterocycles. The van der Waals surface area contributed by atoms with Gasteiger partial charge in [0.25, 0.3) is 11.8 Å². The molecule has 0 radical (unpaired) electrons. The fourth-order valence-electron chi connectivity index (χ4n) is 3.11. The Hall–Kier alpha value is -2.25. The molecule has 0 atom stereocenters. The number of nitrogens with one attached hydrogen (secondary N) is 2. The number of halogens is 1. The van der Waals surface area contributed by atoms with Crippen LogP contribution in [0.25, 0.3) is 10.2 Å². The van der Waals surface area contributed by atoms with Gasteiger partial charge in [-0.15, -0.1) is 11.3 Å². The Labute approximate surface area is 153 Å². The van der Waals surface area contributed by atoms with Gasteiger partial charge in [0.05, 0.1) is 15.2 Å². The molecule has 6 nitrogen and oxygen atoms in total. The average molecular weight is 377 g/mol. The van der Waals surface area contributed by atoms with Crippen LogP contribution in [0.1, 0.15) is 25.9 Å². The molecule has 0 aliphatic carbocycles. The molecule has 3 aromatic heterocycles. The summed E-state index contributed by atoms with van der Waals surface area (Å²) in [5.74, 6) is -0.106. The van der Waals surface area contributed by atoms with E-state index in [9.17, 15) is 9.59 Å². The van der Waals surface area contributed by atoms with Crippen molar-refractivity contribution in [1.29, 1.82) is 0 Å². The van der Waals surface area contributed by atoms with Crippen LogP contribution in [0.3, 0.4) is 0 Å². The second kappa shape index (κ2) is 6.24. The van der Waals surface area contributed by atoms with Crippen LogP contribution in [0.2, 0.25) is 5.02 Å². The first kappa shape index (κ1) is 16.2. The van der Waals surface area contributed by atoms with Gasteiger partial charge in [0.2, 0.25) is 0 Å². The van der Waals surface area contributed by atoms with Crippen LogP contribution in [-0.4, -0.2) is 57.8 Å². The molecule has 0 unspecified atom stereocenters. The summed E-state index contributed by atoms with van der Waals surface area (Å²) in [4.78, 5) is 35.9. The van der Waals surface area contributed by atoms with Gasteiger partial charge < -0.3 is 19.8 Å². The minimum atomic E-state index is -0.0881.